The molecule has 1 unspecified atom stereocenters. The second kappa shape index (κ2) is 5.05. The van der Waals surface area contributed by atoms with E-state index in [9.17, 15) is 0 Å². The van der Waals surface area contributed by atoms with E-state index in [0.717, 1.165) is 18.5 Å². The molecule has 5 nitrogen and oxygen atoms in total. The van der Waals surface area contributed by atoms with Crippen molar-refractivity contribution in [1.29, 1.82) is 0 Å². The molecule has 2 heterocycles. The van der Waals surface area contributed by atoms with Gasteiger partial charge in [-0.25, -0.2) is 4.98 Å². The van der Waals surface area contributed by atoms with Crippen LogP contribution in [0.25, 0.3) is 11.5 Å². The van der Waals surface area contributed by atoms with Crippen molar-refractivity contribution in [3.05, 3.63) is 29.8 Å². The van der Waals surface area contributed by atoms with E-state index in [0.29, 0.717) is 17.4 Å². The molecule has 2 N–H and O–H groups in total. The van der Waals surface area contributed by atoms with Crippen molar-refractivity contribution in [3.63, 3.8) is 0 Å². The molecule has 2 aromatic heterocycles. The number of aryl methyl sites for hydroxylation is 1. The first-order valence-corrected chi connectivity index (χ1v) is 5.74. The number of rotatable bonds is 4. The molecule has 0 fully saturated rings. The maximum absolute atomic E-state index is 5.91. The summed E-state index contributed by atoms with van der Waals surface area (Å²) in [6.45, 7) is 3.99. The molecule has 0 radical (unpaired) electrons. The largest absolute Gasteiger partial charge is 0.337 e. The van der Waals surface area contributed by atoms with Gasteiger partial charge in [0, 0.05) is 5.69 Å². The molecule has 0 aromatic carbocycles. The number of pyridine rings is 1. The fourth-order valence-corrected chi connectivity index (χ4v) is 1.59. The van der Waals surface area contributed by atoms with E-state index in [4.69, 9.17) is 10.3 Å². The summed E-state index contributed by atoms with van der Waals surface area (Å²) in [4.78, 5) is 8.61. The average Bonchev–Trinajstić information content (AvgIpc) is 2.78. The SMILES string of the molecule is CCCC(N)c1nc(-c2cccc(C)n2)no1. The number of hydrogen-bond acceptors (Lipinski definition) is 5. The van der Waals surface area contributed by atoms with Gasteiger partial charge in [0.25, 0.3) is 0 Å². The molecule has 0 saturated heterocycles. The third-order valence-corrected chi connectivity index (χ3v) is 2.48. The van der Waals surface area contributed by atoms with Crippen molar-refractivity contribution in [2.24, 2.45) is 5.73 Å². The first kappa shape index (κ1) is 11.7. The smallest absolute Gasteiger partial charge is 0.243 e. The Morgan fingerprint density at radius 1 is 1.35 bits per heavy atom. The van der Waals surface area contributed by atoms with Gasteiger partial charge in [0.1, 0.15) is 5.69 Å². The highest BCUT2D eigenvalue weighted by Gasteiger charge is 2.15. The van der Waals surface area contributed by atoms with Crippen molar-refractivity contribution in [2.75, 3.05) is 0 Å². The predicted molar refractivity (Wildman–Crippen MR) is 64.1 cm³/mol. The molecule has 5 heteroatoms. The molecule has 0 bridgehead atoms. The zero-order chi connectivity index (χ0) is 12.3. The van der Waals surface area contributed by atoms with Crippen LogP contribution in [0.4, 0.5) is 0 Å². The van der Waals surface area contributed by atoms with E-state index in [2.05, 4.69) is 22.0 Å². The van der Waals surface area contributed by atoms with Crippen molar-refractivity contribution in [2.45, 2.75) is 32.7 Å². The third-order valence-electron chi connectivity index (χ3n) is 2.48. The Hall–Kier alpha value is -1.75. The predicted octanol–water partition coefficient (Wildman–Crippen LogP) is 2.24. The number of nitrogens with two attached hydrogens (primary N) is 1. The highest BCUT2D eigenvalue weighted by atomic mass is 16.5. The van der Waals surface area contributed by atoms with Crippen LogP contribution >= 0.6 is 0 Å². The summed E-state index contributed by atoms with van der Waals surface area (Å²) >= 11 is 0. The molecule has 0 saturated carbocycles. The van der Waals surface area contributed by atoms with Gasteiger partial charge in [-0.1, -0.05) is 24.6 Å². The minimum Gasteiger partial charge on any atom is -0.337 e. The number of hydrogen-bond donors (Lipinski definition) is 1. The van der Waals surface area contributed by atoms with Gasteiger partial charge in [-0.3, -0.25) is 0 Å². The molecular weight excluding hydrogens is 216 g/mol. The van der Waals surface area contributed by atoms with E-state index in [1.165, 1.54) is 0 Å². The molecule has 0 aliphatic carbocycles. The Morgan fingerprint density at radius 2 is 2.18 bits per heavy atom. The van der Waals surface area contributed by atoms with E-state index in [-0.39, 0.29) is 6.04 Å². The van der Waals surface area contributed by atoms with Crippen LogP contribution in [0.3, 0.4) is 0 Å². The fourth-order valence-electron chi connectivity index (χ4n) is 1.59. The van der Waals surface area contributed by atoms with Crippen molar-refractivity contribution in [1.82, 2.24) is 15.1 Å². The molecule has 90 valence electrons. The summed E-state index contributed by atoms with van der Waals surface area (Å²) in [6.07, 6.45) is 1.82. The first-order valence-electron chi connectivity index (χ1n) is 5.74. The standard InChI is InChI=1S/C12H16N4O/c1-3-5-9(13)12-15-11(16-17-12)10-7-4-6-8(2)14-10/h4,6-7,9H,3,5,13H2,1-2H3. The lowest BCUT2D eigenvalue weighted by Gasteiger charge is -2.02. The quantitative estimate of drug-likeness (QED) is 0.874. The van der Waals surface area contributed by atoms with Crippen LogP contribution in [0, 0.1) is 6.92 Å². The lowest BCUT2D eigenvalue weighted by Crippen LogP contribution is -2.09. The molecule has 2 rings (SSSR count). The molecule has 17 heavy (non-hydrogen) atoms. The van der Waals surface area contributed by atoms with Crippen LogP contribution in [0.5, 0.6) is 0 Å². The molecule has 2 aromatic rings. The minimum atomic E-state index is -0.189. The molecule has 1 atom stereocenters. The van der Waals surface area contributed by atoms with Crippen LogP contribution in [-0.4, -0.2) is 15.1 Å². The van der Waals surface area contributed by atoms with Gasteiger partial charge in [0.2, 0.25) is 11.7 Å². The van der Waals surface area contributed by atoms with Crippen LogP contribution in [-0.2, 0) is 0 Å². The van der Waals surface area contributed by atoms with Gasteiger partial charge in [-0.2, -0.15) is 4.98 Å². The lowest BCUT2D eigenvalue weighted by atomic mass is 10.2. The summed E-state index contributed by atoms with van der Waals surface area (Å²) in [5, 5.41) is 3.90. The van der Waals surface area contributed by atoms with E-state index in [1.807, 2.05) is 25.1 Å². The van der Waals surface area contributed by atoms with Gasteiger partial charge < -0.3 is 10.3 Å². The van der Waals surface area contributed by atoms with Gasteiger partial charge in [-0.05, 0) is 25.5 Å². The summed E-state index contributed by atoms with van der Waals surface area (Å²) in [6, 6.07) is 5.51. The maximum Gasteiger partial charge on any atom is 0.243 e. The van der Waals surface area contributed by atoms with E-state index in [1.54, 1.807) is 0 Å². The van der Waals surface area contributed by atoms with E-state index >= 15 is 0 Å². The zero-order valence-corrected chi connectivity index (χ0v) is 10.1. The lowest BCUT2D eigenvalue weighted by molar-refractivity contribution is 0.348. The van der Waals surface area contributed by atoms with Gasteiger partial charge in [-0.15, -0.1) is 0 Å². The second-order valence-electron chi connectivity index (χ2n) is 4.02. The second-order valence-corrected chi connectivity index (χ2v) is 4.02. The minimum absolute atomic E-state index is 0.189. The van der Waals surface area contributed by atoms with Crippen molar-refractivity contribution < 1.29 is 4.52 Å². The average molecular weight is 232 g/mol. The van der Waals surface area contributed by atoms with E-state index < -0.39 is 0 Å². The summed E-state index contributed by atoms with van der Waals surface area (Å²) in [5.74, 6) is 0.973. The Morgan fingerprint density at radius 3 is 2.88 bits per heavy atom. The van der Waals surface area contributed by atoms with Crippen molar-refractivity contribution in [3.8, 4) is 11.5 Å². The summed E-state index contributed by atoms with van der Waals surface area (Å²) in [7, 11) is 0. The molecule has 0 spiro atoms. The van der Waals surface area contributed by atoms with Crippen LogP contribution in [0.15, 0.2) is 22.7 Å². The molecular formula is C12H16N4O. The Labute approximate surface area is 100 Å². The molecule has 0 aliphatic heterocycles. The molecule has 0 amide bonds. The highest BCUT2D eigenvalue weighted by molar-refractivity contribution is 5.48. The van der Waals surface area contributed by atoms with Gasteiger partial charge in [0.05, 0.1) is 6.04 Å². The van der Waals surface area contributed by atoms with Crippen molar-refractivity contribution >= 4 is 0 Å². The molecule has 0 aliphatic rings. The van der Waals surface area contributed by atoms with Gasteiger partial charge in [0.15, 0.2) is 0 Å². The summed E-state index contributed by atoms with van der Waals surface area (Å²) in [5.41, 5.74) is 7.54. The Kier molecular flexibility index (Phi) is 3.49. The Bertz CT molecular complexity index is 495. The van der Waals surface area contributed by atoms with Crippen LogP contribution < -0.4 is 5.73 Å². The topological polar surface area (TPSA) is 77.8 Å². The zero-order valence-electron chi connectivity index (χ0n) is 10.1. The van der Waals surface area contributed by atoms with Crippen LogP contribution in [0.1, 0.15) is 37.4 Å². The normalized spacial score (nSPS) is 12.6. The fraction of sp³-hybridized carbons (Fsp3) is 0.417. The first-order chi connectivity index (χ1) is 8.20. The third kappa shape index (κ3) is 2.68. The highest BCUT2D eigenvalue weighted by Crippen LogP contribution is 2.18. The number of nitrogens with zero attached hydrogens (tertiary/aromatic N) is 3. The monoisotopic (exact) mass is 232 g/mol. The van der Waals surface area contributed by atoms with Crippen LogP contribution in [0.2, 0.25) is 0 Å². The number of aromatic nitrogens is 3. The maximum atomic E-state index is 5.91. The Balaban J connectivity index is 2.23. The summed E-state index contributed by atoms with van der Waals surface area (Å²) < 4.78 is 5.15. The van der Waals surface area contributed by atoms with Gasteiger partial charge >= 0.3 is 0 Å².